The minimum absolute atomic E-state index is 0.171. The van der Waals surface area contributed by atoms with Gasteiger partial charge in [0.25, 0.3) is 0 Å². The lowest BCUT2D eigenvalue weighted by Crippen LogP contribution is -2.46. The number of guanidine groups is 1. The van der Waals surface area contributed by atoms with Gasteiger partial charge < -0.3 is 24.8 Å². The Morgan fingerprint density at radius 3 is 2.63 bits per heavy atom. The molecule has 1 saturated heterocycles. The monoisotopic (exact) mass is 432 g/mol. The fraction of sp³-hybridized carbons (Fsp3) is 0.500. The number of methoxy groups -OCH3 is 2. The maximum atomic E-state index is 5.56. The van der Waals surface area contributed by atoms with E-state index in [2.05, 4.69) is 50.2 Å². The lowest BCUT2D eigenvalue weighted by molar-refractivity contribution is 0.0169. The molecular weight excluding hydrogens is 400 g/mol. The van der Waals surface area contributed by atoms with Crippen molar-refractivity contribution < 1.29 is 14.2 Å². The maximum Gasteiger partial charge on any atom is 0.191 e. The Morgan fingerprint density at radius 2 is 1.97 bits per heavy atom. The van der Waals surface area contributed by atoms with Gasteiger partial charge in [0, 0.05) is 38.1 Å². The highest BCUT2D eigenvalue weighted by molar-refractivity contribution is 7.09. The number of aliphatic imine (C=N–C) groups is 1. The number of ether oxygens (including phenoxy) is 3. The molecule has 0 spiro atoms. The molecule has 2 N–H and O–H groups in total. The third kappa shape index (κ3) is 6.10. The summed E-state index contributed by atoms with van der Waals surface area (Å²) >= 11 is 1.78. The third-order valence-corrected chi connectivity index (χ3v) is 6.15. The molecule has 3 rings (SSSR count). The molecule has 2 heterocycles. The number of morpholine rings is 1. The van der Waals surface area contributed by atoms with Crippen molar-refractivity contribution >= 4 is 17.3 Å². The second kappa shape index (κ2) is 11.8. The van der Waals surface area contributed by atoms with Gasteiger partial charge in [-0.1, -0.05) is 12.1 Å². The van der Waals surface area contributed by atoms with Crippen LogP contribution in [0.1, 0.15) is 16.5 Å². The molecule has 1 unspecified atom stereocenters. The number of rotatable bonds is 9. The van der Waals surface area contributed by atoms with Crippen molar-refractivity contribution in [2.24, 2.45) is 4.99 Å². The van der Waals surface area contributed by atoms with Gasteiger partial charge in [0.15, 0.2) is 17.5 Å². The fourth-order valence-corrected chi connectivity index (χ4v) is 4.29. The summed E-state index contributed by atoms with van der Waals surface area (Å²) in [5.74, 6) is 2.29. The summed E-state index contributed by atoms with van der Waals surface area (Å²) in [6, 6.07) is 10.6. The second-order valence-electron chi connectivity index (χ2n) is 6.99. The number of nitrogens with zero attached hydrogens (tertiary/aromatic N) is 2. The van der Waals surface area contributed by atoms with Gasteiger partial charge in [0.2, 0.25) is 0 Å². The molecule has 1 aliphatic heterocycles. The smallest absolute Gasteiger partial charge is 0.191 e. The Hall–Kier alpha value is -2.29. The Morgan fingerprint density at radius 1 is 1.17 bits per heavy atom. The summed E-state index contributed by atoms with van der Waals surface area (Å²) in [4.78, 5) is 8.20. The lowest BCUT2D eigenvalue weighted by atomic mass is 10.0. The van der Waals surface area contributed by atoms with E-state index < -0.39 is 0 Å². The largest absolute Gasteiger partial charge is 0.493 e. The van der Waals surface area contributed by atoms with Crippen molar-refractivity contribution in [3.63, 3.8) is 0 Å². The lowest BCUT2D eigenvalue weighted by Gasteiger charge is -2.35. The van der Waals surface area contributed by atoms with Crippen LogP contribution >= 0.6 is 11.3 Å². The van der Waals surface area contributed by atoms with Gasteiger partial charge >= 0.3 is 0 Å². The molecule has 0 bridgehead atoms. The van der Waals surface area contributed by atoms with Crippen LogP contribution in [-0.4, -0.2) is 71.5 Å². The molecule has 30 heavy (non-hydrogen) atoms. The molecule has 7 nitrogen and oxygen atoms in total. The number of hydrogen-bond acceptors (Lipinski definition) is 6. The van der Waals surface area contributed by atoms with E-state index in [1.807, 2.05) is 6.07 Å². The first-order valence-corrected chi connectivity index (χ1v) is 11.1. The first-order valence-electron chi connectivity index (χ1n) is 10.3. The van der Waals surface area contributed by atoms with Crippen LogP contribution in [0.2, 0.25) is 0 Å². The number of nitrogens with one attached hydrogen (secondary N) is 2. The van der Waals surface area contributed by atoms with E-state index in [0.717, 1.165) is 63.3 Å². The minimum atomic E-state index is 0.171. The summed E-state index contributed by atoms with van der Waals surface area (Å²) in [6.45, 7) is 4.86. The molecule has 0 radical (unpaired) electrons. The SMILES string of the molecule is CN=C(NCCc1cccs1)NCC(c1ccc(OC)c(OC)c1)N1CCOCC1. The average molecular weight is 433 g/mol. The van der Waals surface area contributed by atoms with E-state index in [1.165, 1.54) is 10.4 Å². The van der Waals surface area contributed by atoms with Crippen molar-refractivity contribution in [1.82, 2.24) is 15.5 Å². The molecule has 1 aliphatic rings. The molecule has 1 atom stereocenters. The zero-order valence-corrected chi connectivity index (χ0v) is 18.8. The van der Waals surface area contributed by atoms with Crippen molar-refractivity contribution in [2.75, 3.05) is 60.7 Å². The molecule has 1 aromatic carbocycles. The van der Waals surface area contributed by atoms with Gasteiger partial charge in [-0.05, 0) is 35.6 Å². The Bertz CT molecular complexity index is 792. The topological polar surface area (TPSA) is 67.4 Å². The summed E-state index contributed by atoms with van der Waals surface area (Å²) < 4.78 is 16.5. The molecule has 0 amide bonds. The van der Waals surface area contributed by atoms with Crippen LogP contribution in [0.4, 0.5) is 0 Å². The molecule has 164 valence electrons. The molecule has 2 aromatic rings. The quantitative estimate of drug-likeness (QED) is 0.469. The Balaban J connectivity index is 1.66. The van der Waals surface area contributed by atoms with E-state index in [1.54, 1.807) is 32.6 Å². The van der Waals surface area contributed by atoms with E-state index in [-0.39, 0.29) is 6.04 Å². The van der Waals surface area contributed by atoms with Crippen molar-refractivity contribution in [1.29, 1.82) is 0 Å². The summed E-state index contributed by atoms with van der Waals surface area (Å²) in [7, 11) is 5.13. The molecule has 0 saturated carbocycles. The molecular formula is C22H32N4O3S. The highest BCUT2D eigenvalue weighted by atomic mass is 32.1. The Labute approximate surface area is 183 Å². The van der Waals surface area contributed by atoms with Crippen molar-refractivity contribution in [3.8, 4) is 11.5 Å². The molecule has 8 heteroatoms. The number of benzene rings is 1. The van der Waals surface area contributed by atoms with Gasteiger partial charge in [0.05, 0.1) is 33.5 Å². The predicted molar refractivity (Wildman–Crippen MR) is 122 cm³/mol. The second-order valence-corrected chi connectivity index (χ2v) is 8.02. The third-order valence-electron chi connectivity index (χ3n) is 5.21. The first-order chi connectivity index (χ1) is 14.7. The summed E-state index contributed by atoms with van der Waals surface area (Å²) in [6.07, 6.45) is 0.987. The van der Waals surface area contributed by atoms with Crippen LogP contribution in [0.3, 0.4) is 0 Å². The van der Waals surface area contributed by atoms with Crippen molar-refractivity contribution in [3.05, 3.63) is 46.2 Å². The molecule has 1 fully saturated rings. The van der Waals surface area contributed by atoms with E-state index in [0.29, 0.717) is 0 Å². The average Bonchev–Trinajstić information content (AvgIpc) is 3.32. The van der Waals surface area contributed by atoms with Crippen LogP contribution in [0.25, 0.3) is 0 Å². The standard InChI is InChI=1S/C22H32N4O3S/c1-23-22(24-9-8-18-5-4-14-30-18)25-16-19(26-10-12-29-13-11-26)17-6-7-20(27-2)21(15-17)28-3/h4-7,14-15,19H,8-13,16H2,1-3H3,(H2,23,24,25). The highest BCUT2D eigenvalue weighted by Crippen LogP contribution is 2.32. The molecule has 1 aromatic heterocycles. The van der Waals surface area contributed by atoms with E-state index >= 15 is 0 Å². The van der Waals surface area contributed by atoms with Gasteiger partial charge in [-0.15, -0.1) is 11.3 Å². The number of hydrogen-bond donors (Lipinski definition) is 2. The van der Waals surface area contributed by atoms with Gasteiger partial charge in [-0.25, -0.2) is 0 Å². The van der Waals surface area contributed by atoms with Crippen LogP contribution in [0, 0.1) is 0 Å². The van der Waals surface area contributed by atoms with Crippen LogP contribution in [0.15, 0.2) is 40.7 Å². The van der Waals surface area contributed by atoms with Gasteiger partial charge in [-0.2, -0.15) is 0 Å². The van der Waals surface area contributed by atoms with Crippen LogP contribution in [0.5, 0.6) is 11.5 Å². The summed E-state index contributed by atoms with van der Waals surface area (Å²) in [5.41, 5.74) is 1.18. The van der Waals surface area contributed by atoms with E-state index in [4.69, 9.17) is 14.2 Å². The Kier molecular flexibility index (Phi) is 8.80. The highest BCUT2D eigenvalue weighted by Gasteiger charge is 2.24. The van der Waals surface area contributed by atoms with E-state index in [9.17, 15) is 0 Å². The van der Waals surface area contributed by atoms with Crippen LogP contribution in [-0.2, 0) is 11.2 Å². The first kappa shape index (κ1) is 22.4. The normalized spacial score (nSPS) is 16.2. The van der Waals surface area contributed by atoms with Crippen LogP contribution < -0.4 is 20.1 Å². The molecule has 0 aliphatic carbocycles. The maximum absolute atomic E-state index is 5.56. The van der Waals surface area contributed by atoms with Gasteiger partial charge in [0.1, 0.15) is 0 Å². The summed E-state index contributed by atoms with van der Waals surface area (Å²) in [5, 5.41) is 9.02. The number of thiophene rings is 1. The fourth-order valence-electron chi connectivity index (χ4n) is 3.58. The zero-order chi connectivity index (χ0) is 21.2. The predicted octanol–water partition coefficient (Wildman–Crippen LogP) is 2.55. The van der Waals surface area contributed by atoms with Gasteiger partial charge in [-0.3, -0.25) is 9.89 Å². The minimum Gasteiger partial charge on any atom is -0.493 e. The van der Waals surface area contributed by atoms with Crippen molar-refractivity contribution in [2.45, 2.75) is 12.5 Å². The zero-order valence-electron chi connectivity index (χ0n) is 18.0.